The maximum absolute atomic E-state index is 13.5. The number of non-ortho nitro benzene ring substituents is 1. The molecule has 0 unspecified atom stereocenters. The van der Waals surface area contributed by atoms with Gasteiger partial charge in [0.25, 0.3) is 11.6 Å². The molecule has 0 radical (unpaired) electrons. The molecule has 0 saturated carbocycles. The van der Waals surface area contributed by atoms with Crippen LogP contribution in [0.25, 0.3) is 0 Å². The molecule has 0 bridgehead atoms. The average molecular weight is 298 g/mol. The van der Waals surface area contributed by atoms with E-state index >= 15 is 0 Å². The third-order valence-electron chi connectivity index (χ3n) is 2.78. The number of benzene rings is 1. The first-order chi connectivity index (χ1) is 9.91. The van der Waals surface area contributed by atoms with Gasteiger partial charge >= 0.3 is 0 Å². The number of ether oxygens (including phenoxy) is 1. The van der Waals surface area contributed by atoms with E-state index in [1.807, 2.05) is 0 Å². The minimum atomic E-state index is -0.793. The molecule has 0 fully saturated rings. The highest BCUT2D eigenvalue weighted by atomic mass is 19.1. The van der Waals surface area contributed by atoms with Crippen LogP contribution in [0.1, 0.15) is 30.6 Å². The number of halogens is 1. The number of rotatable bonds is 8. The predicted octanol–water partition coefficient (Wildman–Crippen LogP) is 2.53. The van der Waals surface area contributed by atoms with E-state index in [1.54, 1.807) is 0 Å². The first kappa shape index (κ1) is 17.0. The van der Waals surface area contributed by atoms with E-state index in [2.05, 4.69) is 19.2 Å². The third-order valence-corrected chi connectivity index (χ3v) is 2.78. The van der Waals surface area contributed by atoms with Crippen LogP contribution in [0.2, 0.25) is 0 Å². The number of nitro groups is 1. The second-order valence-electron chi connectivity index (χ2n) is 4.97. The summed E-state index contributed by atoms with van der Waals surface area (Å²) in [6, 6.07) is 2.84. The molecule has 0 aromatic heterocycles. The number of carbonyl (C=O) groups is 1. The highest BCUT2D eigenvalue weighted by Gasteiger charge is 2.16. The monoisotopic (exact) mass is 298 g/mol. The van der Waals surface area contributed by atoms with E-state index in [-0.39, 0.29) is 17.8 Å². The first-order valence-electron chi connectivity index (χ1n) is 6.71. The van der Waals surface area contributed by atoms with Gasteiger partial charge in [0, 0.05) is 25.3 Å². The predicted molar refractivity (Wildman–Crippen MR) is 75.7 cm³/mol. The van der Waals surface area contributed by atoms with Crippen molar-refractivity contribution in [2.45, 2.75) is 20.3 Å². The Hall–Kier alpha value is -2.02. The van der Waals surface area contributed by atoms with Crippen LogP contribution in [0, 0.1) is 21.8 Å². The minimum absolute atomic E-state index is 0.221. The van der Waals surface area contributed by atoms with Crippen LogP contribution in [0.3, 0.4) is 0 Å². The average Bonchev–Trinajstić information content (AvgIpc) is 2.42. The Kier molecular flexibility index (Phi) is 6.74. The molecule has 7 heteroatoms. The quantitative estimate of drug-likeness (QED) is 0.454. The van der Waals surface area contributed by atoms with Crippen molar-refractivity contribution in [1.29, 1.82) is 0 Å². The third kappa shape index (κ3) is 5.86. The fourth-order valence-corrected chi connectivity index (χ4v) is 1.55. The number of carbonyl (C=O) groups excluding carboxylic acids is 1. The van der Waals surface area contributed by atoms with Crippen molar-refractivity contribution in [3.05, 3.63) is 39.7 Å². The number of nitro benzene ring substituents is 1. The fraction of sp³-hybridized carbons (Fsp3) is 0.500. The first-order valence-corrected chi connectivity index (χ1v) is 6.71. The molecule has 0 aliphatic rings. The molecule has 6 nitrogen and oxygen atoms in total. The molecule has 0 atom stereocenters. The lowest BCUT2D eigenvalue weighted by Crippen LogP contribution is -2.28. The topological polar surface area (TPSA) is 81.5 Å². The molecular formula is C14H19FN2O4. The van der Waals surface area contributed by atoms with Crippen LogP contribution in [0.5, 0.6) is 0 Å². The molecule has 0 heterocycles. The van der Waals surface area contributed by atoms with Crippen LogP contribution in [-0.4, -0.2) is 30.6 Å². The zero-order chi connectivity index (χ0) is 15.8. The van der Waals surface area contributed by atoms with Crippen molar-refractivity contribution in [3.8, 4) is 0 Å². The molecule has 1 aromatic carbocycles. The van der Waals surface area contributed by atoms with Crippen LogP contribution in [0.15, 0.2) is 18.2 Å². The van der Waals surface area contributed by atoms with Crippen molar-refractivity contribution < 1.29 is 18.8 Å². The van der Waals surface area contributed by atoms with E-state index < -0.39 is 16.6 Å². The summed E-state index contributed by atoms with van der Waals surface area (Å²) in [5, 5.41) is 13.1. The van der Waals surface area contributed by atoms with Crippen LogP contribution >= 0.6 is 0 Å². The van der Waals surface area contributed by atoms with Gasteiger partial charge in [-0.05, 0) is 18.4 Å². The molecule has 0 saturated heterocycles. The Morgan fingerprint density at radius 3 is 2.76 bits per heavy atom. The lowest BCUT2D eigenvalue weighted by Gasteiger charge is -2.08. The van der Waals surface area contributed by atoms with Crippen LogP contribution in [-0.2, 0) is 4.74 Å². The Balaban J connectivity index is 2.45. The van der Waals surface area contributed by atoms with E-state index in [9.17, 15) is 19.3 Å². The van der Waals surface area contributed by atoms with Gasteiger partial charge in [-0.2, -0.15) is 0 Å². The van der Waals surface area contributed by atoms with Crippen LogP contribution < -0.4 is 5.32 Å². The molecule has 1 N–H and O–H groups in total. The standard InChI is InChI=1S/C14H19FN2O4/c1-10(2)5-7-21-8-6-16-14(18)12-9-11(17(19)20)3-4-13(12)15/h3-4,9-10H,5-8H2,1-2H3,(H,16,18). The summed E-state index contributed by atoms with van der Waals surface area (Å²) in [4.78, 5) is 21.7. The summed E-state index contributed by atoms with van der Waals surface area (Å²) in [6.45, 7) is 5.29. The van der Waals surface area contributed by atoms with E-state index in [0.29, 0.717) is 19.1 Å². The lowest BCUT2D eigenvalue weighted by molar-refractivity contribution is -0.384. The molecular weight excluding hydrogens is 279 g/mol. The number of nitrogens with one attached hydrogen (secondary N) is 1. The summed E-state index contributed by atoms with van der Waals surface area (Å²) in [7, 11) is 0. The van der Waals surface area contributed by atoms with Crippen molar-refractivity contribution in [3.63, 3.8) is 0 Å². The summed E-state index contributed by atoms with van der Waals surface area (Å²) < 4.78 is 18.8. The molecule has 116 valence electrons. The second kappa shape index (κ2) is 8.31. The number of hydrogen-bond donors (Lipinski definition) is 1. The Morgan fingerprint density at radius 2 is 2.14 bits per heavy atom. The van der Waals surface area contributed by atoms with Gasteiger partial charge < -0.3 is 10.1 Å². The summed E-state index contributed by atoms with van der Waals surface area (Å²) in [5.41, 5.74) is -0.666. The van der Waals surface area contributed by atoms with Gasteiger partial charge in [-0.1, -0.05) is 13.8 Å². The van der Waals surface area contributed by atoms with Crippen LogP contribution in [0.4, 0.5) is 10.1 Å². The molecule has 1 amide bonds. The molecule has 0 aliphatic heterocycles. The molecule has 21 heavy (non-hydrogen) atoms. The summed E-state index contributed by atoms with van der Waals surface area (Å²) in [5.74, 6) is -0.943. The van der Waals surface area contributed by atoms with E-state index in [4.69, 9.17) is 4.74 Å². The Bertz CT molecular complexity index is 506. The summed E-state index contributed by atoms with van der Waals surface area (Å²) >= 11 is 0. The van der Waals surface area contributed by atoms with Gasteiger partial charge in [0.1, 0.15) is 5.82 Å². The highest BCUT2D eigenvalue weighted by molar-refractivity contribution is 5.95. The van der Waals surface area contributed by atoms with Gasteiger partial charge in [-0.3, -0.25) is 14.9 Å². The van der Waals surface area contributed by atoms with Gasteiger partial charge in [-0.25, -0.2) is 4.39 Å². The van der Waals surface area contributed by atoms with Gasteiger partial charge in [-0.15, -0.1) is 0 Å². The van der Waals surface area contributed by atoms with Gasteiger partial charge in [0.05, 0.1) is 17.1 Å². The SMILES string of the molecule is CC(C)CCOCCNC(=O)c1cc([N+](=O)[O-])ccc1F. The zero-order valence-corrected chi connectivity index (χ0v) is 12.1. The Labute approximate surface area is 122 Å². The van der Waals surface area contributed by atoms with Gasteiger partial charge in [0.15, 0.2) is 0 Å². The Morgan fingerprint density at radius 1 is 1.43 bits per heavy atom. The molecule has 1 rings (SSSR count). The van der Waals surface area contributed by atoms with Crippen molar-refractivity contribution in [1.82, 2.24) is 5.32 Å². The second-order valence-corrected chi connectivity index (χ2v) is 4.97. The van der Waals surface area contributed by atoms with E-state index in [0.717, 1.165) is 24.6 Å². The normalized spacial score (nSPS) is 10.7. The van der Waals surface area contributed by atoms with Crippen molar-refractivity contribution >= 4 is 11.6 Å². The number of amides is 1. The van der Waals surface area contributed by atoms with E-state index in [1.165, 1.54) is 0 Å². The minimum Gasteiger partial charge on any atom is -0.380 e. The molecule has 0 spiro atoms. The molecule has 1 aromatic rings. The zero-order valence-electron chi connectivity index (χ0n) is 12.1. The maximum Gasteiger partial charge on any atom is 0.270 e. The maximum atomic E-state index is 13.5. The largest absolute Gasteiger partial charge is 0.380 e. The summed E-state index contributed by atoms with van der Waals surface area (Å²) in [6.07, 6.45) is 0.924. The lowest BCUT2D eigenvalue weighted by atomic mass is 10.1. The number of hydrogen-bond acceptors (Lipinski definition) is 4. The van der Waals surface area contributed by atoms with Crippen molar-refractivity contribution in [2.24, 2.45) is 5.92 Å². The number of nitrogens with zero attached hydrogens (tertiary/aromatic N) is 1. The fourth-order valence-electron chi connectivity index (χ4n) is 1.55. The molecule has 0 aliphatic carbocycles. The van der Waals surface area contributed by atoms with Crippen molar-refractivity contribution in [2.75, 3.05) is 19.8 Å². The smallest absolute Gasteiger partial charge is 0.270 e. The highest BCUT2D eigenvalue weighted by Crippen LogP contribution is 2.16. The van der Waals surface area contributed by atoms with Gasteiger partial charge in [0.2, 0.25) is 0 Å².